The standard InChI is InChI=1S/C13H26N2O3/c1-5-11(13(17)18)15(4)12(16)7-10(8-14)6-9(2)3/h9-11H,5-8,14H2,1-4H3,(H,17,18)/t10-,11?/m0/s1. The summed E-state index contributed by atoms with van der Waals surface area (Å²) in [7, 11) is 1.55. The van der Waals surface area contributed by atoms with Gasteiger partial charge in [0.1, 0.15) is 6.04 Å². The number of nitrogens with zero attached hydrogens (tertiary/aromatic N) is 1. The first-order valence-electron chi connectivity index (χ1n) is 6.51. The molecule has 18 heavy (non-hydrogen) atoms. The highest BCUT2D eigenvalue weighted by Crippen LogP contribution is 2.16. The van der Waals surface area contributed by atoms with Crippen LogP contribution in [-0.2, 0) is 9.59 Å². The highest BCUT2D eigenvalue weighted by Gasteiger charge is 2.26. The van der Waals surface area contributed by atoms with Crippen molar-refractivity contribution in [2.45, 2.75) is 46.1 Å². The molecule has 0 heterocycles. The SMILES string of the molecule is CCC(C(=O)O)N(C)C(=O)C[C@@H](CN)CC(C)C. The summed E-state index contributed by atoms with van der Waals surface area (Å²) in [6.45, 7) is 6.39. The number of rotatable bonds is 8. The zero-order chi connectivity index (χ0) is 14.3. The van der Waals surface area contributed by atoms with Gasteiger partial charge in [-0.3, -0.25) is 4.79 Å². The Bertz CT molecular complexity index is 279. The first kappa shape index (κ1) is 16.9. The van der Waals surface area contributed by atoms with Gasteiger partial charge in [0.15, 0.2) is 0 Å². The predicted octanol–water partition coefficient (Wildman–Crippen LogP) is 1.32. The number of amides is 1. The van der Waals surface area contributed by atoms with Crippen molar-refractivity contribution < 1.29 is 14.7 Å². The molecule has 0 aromatic carbocycles. The number of carboxylic acids is 1. The average molecular weight is 258 g/mol. The van der Waals surface area contributed by atoms with Gasteiger partial charge in [-0.2, -0.15) is 0 Å². The third kappa shape index (κ3) is 5.49. The Hall–Kier alpha value is -1.10. The van der Waals surface area contributed by atoms with E-state index >= 15 is 0 Å². The van der Waals surface area contributed by atoms with Crippen LogP contribution < -0.4 is 5.73 Å². The summed E-state index contributed by atoms with van der Waals surface area (Å²) in [4.78, 5) is 24.3. The smallest absolute Gasteiger partial charge is 0.326 e. The summed E-state index contributed by atoms with van der Waals surface area (Å²) in [5, 5.41) is 9.01. The Morgan fingerprint density at radius 3 is 2.22 bits per heavy atom. The van der Waals surface area contributed by atoms with E-state index in [9.17, 15) is 9.59 Å². The van der Waals surface area contributed by atoms with E-state index < -0.39 is 12.0 Å². The zero-order valence-electron chi connectivity index (χ0n) is 11.8. The third-order valence-electron chi connectivity index (χ3n) is 3.13. The minimum absolute atomic E-state index is 0.131. The van der Waals surface area contributed by atoms with Crippen LogP contribution in [0.1, 0.15) is 40.0 Å². The third-order valence-corrected chi connectivity index (χ3v) is 3.13. The average Bonchev–Trinajstić information content (AvgIpc) is 2.27. The molecule has 0 aliphatic heterocycles. The molecule has 1 amide bonds. The van der Waals surface area contributed by atoms with Crippen LogP contribution in [-0.4, -0.2) is 41.5 Å². The van der Waals surface area contributed by atoms with Crippen molar-refractivity contribution in [2.75, 3.05) is 13.6 Å². The van der Waals surface area contributed by atoms with Crippen LogP contribution in [0, 0.1) is 11.8 Å². The van der Waals surface area contributed by atoms with E-state index in [0.717, 1.165) is 6.42 Å². The topological polar surface area (TPSA) is 83.6 Å². The minimum atomic E-state index is -0.957. The van der Waals surface area contributed by atoms with Gasteiger partial charge >= 0.3 is 5.97 Å². The first-order valence-corrected chi connectivity index (χ1v) is 6.51. The second-order valence-electron chi connectivity index (χ2n) is 5.20. The fourth-order valence-corrected chi connectivity index (χ4v) is 2.11. The molecular weight excluding hydrogens is 232 g/mol. The van der Waals surface area contributed by atoms with Crippen molar-refractivity contribution in [2.24, 2.45) is 17.6 Å². The molecule has 0 aromatic rings. The molecule has 0 aliphatic carbocycles. The van der Waals surface area contributed by atoms with E-state index in [1.54, 1.807) is 14.0 Å². The van der Waals surface area contributed by atoms with Gasteiger partial charge in [0, 0.05) is 13.5 Å². The number of carboxylic acid groups (broad SMARTS) is 1. The number of hydrogen-bond donors (Lipinski definition) is 2. The molecule has 0 spiro atoms. The van der Waals surface area contributed by atoms with Gasteiger partial charge in [-0.15, -0.1) is 0 Å². The Kier molecular flexibility index (Phi) is 7.59. The van der Waals surface area contributed by atoms with Crippen LogP contribution in [0.5, 0.6) is 0 Å². The summed E-state index contributed by atoms with van der Waals surface area (Å²) in [5.41, 5.74) is 5.65. The zero-order valence-corrected chi connectivity index (χ0v) is 11.8. The summed E-state index contributed by atoms with van der Waals surface area (Å²) in [6, 6.07) is -0.741. The molecule has 1 unspecified atom stereocenters. The van der Waals surface area contributed by atoms with E-state index in [1.807, 2.05) is 0 Å². The number of carbonyl (C=O) groups is 2. The lowest BCUT2D eigenvalue weighted by molar-refractivity contribution is -0.149. The number of likely N-dealkylation sites (N-methyl/N-ethyl adjacent to an activating group) is 1. The Morgan fingerprint density at radius 1 is 1.33 bits per heavy atom. The Balaban J connectivity index is 4.49. The van der Waals surface area contributed by atoms with Crippen molar-refractivity contribution in [1.29, 1.82) is 0 Å². The molecule has 0 fully saturated rings. The van der Waals surface area contributed by atoms with Crippen molar-refractivity contribution in [3.63, 3.8) is 0 Å². The molecule has 3 N–H and O–H groups in total. The molecule has 5 nitrogen and oxygen atoms in total. The van der Waals surface area contributed by atoms with Crippen molar-refractivity contribution in [3.8, 4) is 0 Å². The van der Waals surface area contributed by atoms with E-state index in [1.165, 1.54) is 4.90 Å². The highest BCUT2D eigenvalue weighted by atomic mass is 16.4. The van der Waals surface area contributed by atoms with E-state index in [2.05, 4.69) is 13.8 Å². The molecular formula is C13H26N2O3. The van der Waals surface area contributed by atoms with E-state index in [0.29, 0.717) is 25.3 Å². The van der Waals surface area contributed by atoms with Crippen LogP contribution >= 0.6 is 0 Å². The Morgan fingerprint density at radius 2 is 1.89 bits per heavy atom. The van der Waals surface area contributed by atoms with Crippen LogP contribution in [0.15, 0.2) is 0 Å². The van der Waals surface area contributed by atoms with Crippen LogP contribution in [0.4, 0.5) is 0 Å². The second kappa shape index (κ2) is 8.08. The second-order valence-corrected chi connectivity index (χ2v) is 5.20. The normalized spacial score (nSPS) is 14.3. The lowest BCUT2D eigenvalue weighted by atomic mass is 9.93. The van der Waals surface area contributed by atoms with Gasteiger partial charge in [0.25, 0.3) is 0 Å². The molecule has 0 saturated carbocycles. The maximum absolute atomic E-state index is 12.0. The number of hydrogen-bond acceptors (Lipinski definition) is 3. The fourth-order valence-electron chi connectivity index (χ4n) is 2.11. The quantitative estimate of drug-likeness (QED) is 0.687. The van der Waals surface area contributed by atoms with Crippen LogP contribution in [0.3, 0.4) is 0 Å². The lowest BCUT2D eigenvalue weighted by Crippen LogP contribution is -2.43. The van der Waals surface area contributed by atoms with Crippen molar-refractivity contribution in [1.82, 2.24) is 4.90 Å². The van der Waals surface area contributed by atoms with E-state index in [4.69, 9.17) is 10.8 Å². The highest BCUT2D eigenvalue weighted by molar-refractivity contribution is 5.83. The molecule has 5 heteroatoms. The molecule has 2 atom stereocenters. The molecule has 0 aromatic heterocycles. The van der Waals surface area contributed by atoms with Gasteiger partial charge < -0.3 is 15.7 Å². The number of nitrogens with two attached hydrogens (primary N) is 1. The summed E-state index contributed by atoms with van der Waals surface area (Å²) < 4.78 is 0. The summed E-state index contributed by atoms with van der Waals surface area (Å²) >= 11 is 0. The van der Waals surface area contributed by atoms with Crippen molar-refractivity contribution >= 4 is 11.9 Å². The maximum atomic E-state index is 12.0. The molecule has 0 bridgehead atoms. The minimum Gasteiger partial charge on any atom is -0.480 e. The summed E-state index contributed by atoms with van der Waals surface area (Å²) in [6.07, 6.45) is 1.63. The Labute approximate surface area is 109 Å². The van der Waals surface area contributed by atoms with Crippen LogP contribution in [0.2, 0.25) is 0 Å². The molecule has 0 rings (SSSR count). The monoisotopic (exact) mass is 258 g/mol. The number of aliphatic carboxylic acids is 1. The van der Waals surface area contributed by atoms with Gasteiger partial charge in [-0.25, -0.2) is 4.79 Å². The fraction of sp³-hybridized carbons (Fsp3) is 0.846. The largest absolute Gasteiger partial charge is 0.480 e. The summed E-state index contributed by atoms with van der Waals surface area (Å²) in [5.74, 6) is -0.480. The number of carbonyl (C=O) groups excluding carboxylic acids is 1. The predicted molar refractivity (Wildman–Crippen MR) is 71.1 cm³/mol. The maximum Gasteiger partial charge on any atom is 0.326 e. The van der Waals surface area contributed by atoms with Gasteiger partial charge in [-0.05, 0) is 31.2 Å². The van der Waals surface area contributed by atoms with Gasteiger partial charge in [0.05, 0.1) is 0 Å². The molecule has 0 saturated heterocycles. The lowest BCUT2D eigenvalue weighted by Gasteiger charge is -2.26. The van der Waals surface area contributed by atoms with Gasteiger partial charge in [0.2, 0.25) is 5.91 Å². The molecule has 0 radical (unpaired) electrons. The van der Waals surface area contributed by atoms with Crippen LogP contribution in [0.25, 0.3) is 0 Å². The first-order chi connectivity index (χ1) is 8.33. The molecule has 0 aliphatic rings. The van der Waals surface area contributed by atoms with E-state index in [-0.39, 0.29) is 11.8 Å². The molecule has 106 valence electrons. The van der Waals surface area contributed by atoms with Gasteiger partial charge in [-0.1, -0.05) is 20.8 Å². The van der Waals surface area contributed by atoms with Crippen molar-refractivity contribution in [3.05, 3.63) is 0 Å².